The van der Waals surface area contributed by atoms with Gasteiger partial charge in [0, 0.05) is 25.2 Å². The molecule has 2 aliphatic heterocycles. The van der Waals surface area contributed by atoms with Crippen LogP contribution in [0.5, 0.6) is 0 Å². The predicted molar refractivity (Wildman–Crippen MR) is 89.8 cm³/mol. The summed E-state index contributed by atoms with van der Waals surface area (Å²) in [5, 5.41) is 3.33. The van der Waals surface area contributed by atoms with Crippen LogP contribution in [-0.2, 0) is 4.79 Å². The molecule has 22 heavy (non-hydrogen) atoms. The Morgan fingerprint density at radius 2 is 2.00 bits per heavy atom. The quantitative estimate of drug-likeness (QED) is 0.870. The van der Waals surface area contributed by atoms with Gasteiger partial charge in [-0.2, -0.15) is 0 Å². The highest BCUT2D eigenvalue weighted by Gasteiger charge is 2.45. The zero-order valence-corrected chi connectivity index (χ0v) is 13.6. The van der Waals surface area contributed by atoms with Crippen LogP contribution in [0.1, 0.15) is 44.6 Å². The summed E-state index contributed by atoms with van der Waals surface area (Å²) < 4.78 is 0. The molecule has 1 spiro atoms. The molecule has 1 amide bonds. The molecule has 0 aliphatic carbocycles. The minimum Gasteiger partial charge on any atom is -0.350 e. The molecule has 1 unspecified atom stereocenters. The van der Waals surface area contributed by atoms with Gasteiger partial charge in [0.25, 0.3) is 0 Å². The van der Waals surface area contributed by atoms with E-state index in [1.54, 1.807) is 0 Å². The van der Waals surface area contributed by atoms with Gasteiger partial charge in [0.15, 0.2) is 0 Å². The normalized spacial score (nSPS) is 25.5. The monoisotopic (exact) mass is 298 g/mol. The topological polar surface area (TPSA) is 32.3 Å². The second-order valence-corrected chi connectivity index (χ2v) is 6.85. The van der Waals surface area contributed by atoms with Crippen molar-refractivity contribution in [3.63, 3.8) is 0 Å². The lowest BCUT2D eigenvalue weighted by Gasteiger charge is -2.39. The van der Waals surface area contributed by atoms with E-state index >= 15 is 0 Å². The number of carbonyl (C=O) groups excluding carboxylic acids is 1. The number of amides is 1. The predicted octanol–water partition coefficient (Wildman–Crippen LogP) is 3.09. The van der Waals surface area contributed by atoms with Crippen molar-refractivity contribution in [2.24, 2.45) is 0 Å². The molecule has 3 rings (SSSR count). The Labute approximate surface area is 133 Å². The average Bonchev–Trinajstić information content (AvgIpc) is 2.87. The second kappa shape index (κ2) is 6.25. The first kappa shape index (κ1) is 15.3. The molecular weight excluding hydrogens is 272 g/mol. The van der Waals surface area contributed by atoms with Gasteiger partial charge in [-0.05, 0) is 38.7 Å². The lowest BCUT2D eigenvalue weighted by molar-refractivity contribution is -0.121. The Balaban J connectivity index is 1.64. The fourth-order valence-corrected chi connectivity index (χ4v) is 3.75. The third-order valence-corrected chi connectivity index (χ3v) is 5.28. The summed E-state index contributed by atoms with van der Waals surface area (Å²) in [7, 11) is 0. The van der Waals surface area contributed by atoms with Crippen molar-refractivity contribution < 1.29 is 4.79 Å². The van der Waals surface area contributed by atoms with Crippen molar-refractivity contribution >= 4 is 5.91 Å². The third kappa shape index (κ3) is 3.09. The molecule has 0 saturated carbocycles. The van der Waals surface area contributed by atoms with Crippen LogP contribution in [0.3, 0.4) is 0 Å². The Bertz CT molecular complexity index is 556. The van der Waals surface area contributed by atoms with Gasteiger partial charge in [-0.1, -0.05) is 42.0 Å². The number of carbonyl (C=O) groups is 1. The molecule has 0 radical (unpaired) electrons. The van der Waals surface area contributed by atoms with E-state index in [0.717, 1.165) is 44.5 Å². The van der Waals surface area contributed by atoms with Gasteiger partial charge in [-0.25, -0.2) is 0 Å². The smallest absolute Gasteiger partial charge is 0.228 e. The van der Waals surface area contributed by atoms with Gasteiger partial charge in [0.05, 0.1) is 5.92 Å². The summed E-state index contributed by atoms with van der Waals surface area (Å²) in [6, 6.07) is 10.2. The highest BCUT2D eigenvalue weighted by atomic mass is 16.2. The minimum atomic E-state index is 0.0257. The maximum absolute atomic E-state index is 12.4. The van der Waals surface area contributed by atoms with Crippen LogP contribution in [-0.4, -0.2) is 36.0 Å². The van der Waals surface area contributed by atoms with E-state index < -0.39 is 0 Å². The standard InChI is InChI=1S/C19H26N2O/c1-3-15(2)14-21-11-9-19(10-12-21)13-17(18(22)20-19)16-7-5-4-6-8-16/h3-8,17H,9-14H2,1-2H3,(H,20,22). The maximum atomic E-state index is 12.4. The molecule has 1 aromatic carbocycles. The summed E-state index contributed by atoms with van der Waals surface area (Å²) >= 11 is 0. The number of nitrogens with one attached hydrogen (secondary N) is 1. The van der Waals surface area contributed by atoms with Crippen LogP contribution >= 0.6 is 0 Å². The fraction of sp³-hybridized carbons (Fsp3) is 0.526. The molecule has 2 heterocycles. The number of allylic oxidation sites excluding steroid dienone is 1. The van der Waals surface area contributed by atoms with Gasteiger partial charge in [0.2, 0.25) is 5.91 Å². The molecule has 3 heteroatoms. The molecule has 1 N–H and O–H groups in total. The minimum absolute atomic E-state index is 0.0257. The summed E-state index contributed by atoms with van der Waals surface area (Å²) in [6.07, 6.45) is 5.28. The molecule has 2 saturated heterocycles. The zero-order valence-electron chi connectivity index (χ0n) is 13.6. The number of rotatable bonds is 3. The van der Waals surface area contributed by atoms with Gasteiger partial charge in [-0.15, -0.1) is 0 Å². The van der Waals surface area contributed by atoms with Gasteiger partial charge in [-0.3, -0.25) is 9.69 Å². The highest BCUT2D eigenvalue weighted by Crippen LogP contribution is 2.39. The first-order valence-corrected chi connectivity index (χ1v) is 8.33. The van der Waals surface area contributed by atoms with Gasteiger partial charge < -0.3 is 5.32 Å². The first-order chi connectivity index (χ1) is 10.6. The van der Waals surface area contributed by atoms with Crippen LogP contribution in [0.25, 0.3) is 0 Å². The van der Waals surface area contributed by atoms with E-state index in [1.165, 1.54) is 5.57 Å². The molecule has 0 bridgehead atoms. The second-order valence-electron chi connectivity index (χ2n) is 6.85. The number of piperidine rings is 1. The number of likely N-dealkylation sites (tertiary alicyclic amines) is 1. The van der Waals surface area contributed by atoms with Gasteiger partial charge >= 0.3 is 0 Å². The number of hydrogen-bond acceptors (Lipinski definition) is 2. The van der Waals surface area contributed by atoms with E-state index in [0.29, 0.717) is 0 Å². The Hall–Kier alpha value is -1.61. The van der Waals surface area contributed by atoms with Crippen molar-refractivity contribution in [1.29, 1.82) is 0 Å². The molecule has 3 nitrogen and oxygen atoms in total. The summed E-state index contributed by atoms with van der Waals surface area (Å²) in [6.45, 7) is 7.50. The zero-order chi connectivity index (χ0) is 15.6. The molecule has 2 fully saturated rings. The van der Waals surface area contributed by atoms with Crippen molar-refractivity contribution in [2.45, 2.75) is 44.6 Å². The lowest BCUT2D eigenvalue weighted by Crippen LogP contribution is -2.51. The molecule has 1 aromatic rings. The molecule has 118 valence electrons. The van der Waals surface area contributed by atoms with E-state index in [2.05, 4.69) is 42.3 Å². The summed E-state index contributed by atoms with van der Waals surface area (Å²) in [5.74, 6) is 0.245. The molecule has 2 aliphatic rings. The number of hydrogen-bond donors (Lipinski definition) is 1. The van der Waals surface area contributed by atoms with E-state index in [1.807, 2.05) is 18.2 Å². The fourth-order valence-electron chi connectivity index (χ4n) is 3.75. The van der Waals surface area contributed by atoms with Crippen molar-refractivity contribution in [1.82, 2.24) is 10.2 Å². The summed E-state index contributed by atoms with van der Waals surface area (Å²) in [4.78, 5) is 14.9. The van der Waals surface area contributed by atoms with E-state index in [-0.39, 0.29) is 17.4 Å². The highest BCUT2D eigenvalue weighted by molar-refractivity contribution is 5.87. The van der Waals surface area contributed by atoms with Crippen LogP contribution < -0.4 is 5.32 Å². The Morgan fingerprint density at radius 1 is 1.32 bits per heavy atom. The summed E-state index contributed by atoms with van der Waals surface area (Å²) in [5.41, 5.74) is 2.61. The lowest BCUT2D eigenvalue weighted by atomic mass is 9.82. The molecule has 1 atom stereocenters. The number of benzene rings is 1. The van der Waals surface area contributed by atoms with E-state index in [4.69, 9.17) is 0 Å². The number of nitrogens with zero attached hydrogens (tertiary/aromatic N) is 1. The molecular formula is C19H26N2O. The van der Waals surface area contributed by atoms with Crippen molar-refractivity contribution in [3.05, 3.63) is 47.5 Å². The van der Waals surface area contributed by atoms with Crippen LogP contribution in [0.4, 0.5) is 0 Å². The van der Waals surface area contributed by atoms with E-state index in [9.17, 15) is 4.79 Å². The maximum Gasteiger partial charge on any atom is 0.228 e. The average molecular weight is 298 g/mol. The first-order valence-electron chi connectivity index (χ1n) is 8.33. The SMILES string of the molecule is CC=C(C)CN1CCC2(CC1)CC(c1ccccc1)C(=O)N2. The van der Waals surface area contributed by atoms with Crippen LogP contribution in [0.15, 0.2) is 42.0 Å². The largest absolute Gasteiger partial charge is 0.350 e. The van der Waals surface area contributed by atoms with Crippen molar-refractivity contribution in [2.75, 3.05) is 19.6 Å². The van der Waals surface area contributed by atoms with Crippen molar-refractivity contribution in [3.8, 4) is 0 Å². The Kier molecular flexibility index (Phi) is 4.34. The van der Waals surface area contributed by atoms with Gasteiger partial charge in [0.1, 0.15) is 0 Å². The Morgan fingerprint density at radius 3 is 2.64 bits per heavy atom. The van der Waals surface area contributed by atoms with Crippen LogP contribution in [0, 0.1) is 0 Å². The van der Waals surface area contributed by atoms with Crippen LogP contribution in [0.2, 0.25) is 0 Å². The third-order valence-electron chi connectivity index (χ3n) is 5.28. The molecule has 0 aromatic heterocycles.